The number of ether oxygens (including phenoxy) is 1. The minimum Gasteiger partial charge on any atom is -0.379 e. The fourth-order valence-corrected chi connectivity index (χ4v) is 2.42. The number of alkyl halides is 2. The fraction of sp³-hybridized carbons (Fsp3) is 0.533. The molecule has 0 spiro atoms. The zero-order chi connectivity index (χ0) is 16.9. The number of carbonyl (C=O) groups is 1. The Bertz CT molecular complexity index is 536. The van der Waals surface area contributed by atoms with Gasteiger partial charge in [-0.1, -0.05) is 18.2 Å². The maximum Gasteiger partial charge on any atom is 0.277 e. The number of nitrogens with one attached hydrogen (secondary N) is 1. The van der Waals surface area contributed by atoms with Crippen molar-refractivity contribution in [2.45, 2.75) is 12.0 Å². The summed E-state index contributed by atoms with van der Waals surface area (Å²) >= 11 is 0. The van der Waals surface area contributed by atoms with E-state index in [0.717, 1.165) is 0 Å². The summed E-state index contributed by atoms with van der Waals surface area (Å²) < 4.78 is 45.8. The number of nitrogens with two attached hydrogens (primary N) is 1. The number of hydrogen-bond acceptors (Lipinski definition) is 4. The smallest absolute Gasteiger partial charge is 0.277 e. The lowest BCUT2D eigenvalue weighted by atomic mass is 10.0. The third-order valence-electron chi connectivity index (χ3n) is 3.68. The third-order valence-corrected chi connectivity index (χ3v) is 3.68. The van der Waals surface area contributed by atoms with Crippen LogP contribution in [0.4, 0.5) is 13.2 Å². The first-order valence-electron chi connectivity index (χ1n) is 7.36. The van der Waals surface area contributed by atoms with Gasteiger partial charge in [0.2, 0.25) is 5.91 Å². The average molecular weight is 331 g/mol. The van der Waals surface area contributed by atoms with E-state index in [-0.39, 0.29) is 5.56 Å². The molecule has 1 aliphatic heterocycles. The minimum absolute atomic E-state index is 0.156. The summed E-state index contributed by atoms with van der Waals surface area (Å²) in [5, 5.41) is 2.18. The first-order valence-corrected chi connectivity index (χ1v) is 7.36. The Morgan fingerprint density at radius 3 is 2.61 bits per heavy atom. The van der Waals surface area contributed by atoms with Crippen LogP contribution in [0.3, 0.4) is 0 Å². The van der Waals surface area contributed by atoms with Crippen LogP contribution < -0.4 is 11.1 Å². The van der Waals surface area contributed by atoms with Crippen molar-refractivity contribution in [2.24, 2.45) is 5.73 Å². The minimum atomic E-state index is -3.19. The number of halogens is 3. The van der Waals surface area contributed by atoms with Crippen LogP contribution in [0, 0.1) is 5.82 Å². The number of rotatable bonds is 6. The monoisotopic (exact) mass is 331 g/mol. The lowest BCUT2D eigenvalue weighted by Gasteiger charge is -2.34. The van der Waals surface area contributed by atoms with Gasteiger partial charge in [0.1, 0.15) is 11.9 Å². The molecule has 1 fully saturated rings. The van der Waals surface area contributed by atoms with Crippen LogP contribution in [0.25, 0.3) is 0 Å². The van der Waals surface area contributed by atoms with Crippen molar-refractivity contribution < 1.29 is 22.7 Å². The van der Waals surface area contributed by atoms with Crippen molar-refractivity contribution in [1.82, 2.24) is 10.2 Å². The van der Waals surface area contributed by atoms with Gasteiger partial charge in [-0.05, 0) is 6.07 Å². The van der Waals surface area contributed by atoms with Gasteiger partial charge in [0, 0.05) is 18.7 Å². The lowest BCUT2D eigenvalue weighted by Crippen LogP contribution is -2.49. The van der Waals surface area contributed by atoms with Crippen LogP contribution in [0.5, 0.6) is 0 Å². The molecule has 1 aromatic carbocycles. The zero-order valence-corrected chi connectivity index (χ0v) is 12.6. The van der Waals surface area contributed by atoms with Crippen LogP contribution in [0.1, 0.15) is 11.6 Å². The highest BCUT2D eigenvalue weighted by Crippen LogP contribution is 2.25. The van der Waals surface area contributed by atoms with Gasteiger partial charge in [-0.25, -0.2) is 13.2 Å². The van der Waals surface area contributed by atoms with E-state index >= 15 is 0 Å². The first-order chi connectivity index (χ1) is 10.9. The van der Waals surface area contributed by atoms with Crippen LogP contribution in [-0.4, -0.2) is 56.1 Å². The Kier molecular flexibility index (Phi) is 5.97. The second-order valence-electron chi connectivity index (χ2n) is 5.35. The number of carbonyl (C=O) groups excluding carboxylic acids is 1. The quantitative estimate of drug-likeness (QED) is 0.813. The summed E-state index contributed by atoms with van der Waals surface area (Å²) in [5.41, 5.74) is 5.11. The van der Waals surface area contributed by atoms with E-state index in [0.29, 0.717) is 26.3 Å². The zero-order valence-electron chi connectivity index (χ0n) is 12.6. The van der Waals surface area contributed by atoms with Gasteiger partial charge in [-0.2, -0.15) is 0 Å². The highest BCUT2D eigenvalue weighted by Gasteiger charge is 2.34. The number of amides is 1. The van der Waals surface area contributed by atoms with Gasteiger partial charge in [-0.15, -0.1) is 0 Å². The lowest BCUT2D eigenvalue weighted by molar-refractivity contribution is -0.130. The standard InChI is InChI=1S/C15H20F3N3O2/c16-12-4-2-1-3-11(12)13(21-5-7-23-8-6-21)14(22)20-10-15(17,18)9-19/h1-4,13H,5-10,19H2,(H,20,22). The van der Waals surface area contributed by atoms with Crippen molar-refractivity contribution in [3.05, 3.63) is 35.6 Å². The van der Waals surface area contributed by atoms with Crippen molar-refractivity contribution >= 4 is 5.91 Å². The highest BCUT2D eigenvalue weighted by molar-refractivity contribution is 5.83. The van der Waals surface area contributed by atoms with Crippen LogP contribution in [0.15, 0.2) is 24.3 Å². The molecule has 8 heteroatoms. The Hall–Kier alpha value is -1.64. The summed E-state index contributed by atoms with van der Waals surface area (Å²) in [6.45, 7) is -0.111. The predicted molar refractivity (Wildman–Crippen MR) is 78.5 cm³/mol. The van der Waals surface area contributed by atoms with E-state index in [1.807, 2.05) is 0 Å². The molecule has 0 bridgehead atoms. The Labute approximate surface area is 132 Å². The summed E-state index contributed by atoms with van der Waals surface area (Å²) in [4.78, 5) is 14.1. The normalized spacial score (nSPS) is 17.7. The number of benzene rings is 1. The van der Waals surface area contributed by atoms with E-state index in [1.165, 1.54) is 18.2 Å². The van der Waals surface area contributed by atoms with Crippen molar-refractivity contribution in [3.63, 3.8) is 0 Å². The molecule has 23 heavy (non-hydrogen) atoms. The molecule has 1 aliphatic rings. The topological polar surface area (TPSA) is 67.6 Å². The molecular weight excluding hydrogens is 311 g/mol. The summed E-state index contributed by atoms with van der Waals surface area (Å²) in [6.07, 6.45) is 0. The van der Waals surface area contributed by atoms with Crippen LogP contribution in [0.2, 0.25) is 0 Å². The van der Waals surface area contributed by atoms with Gasteiger partial charge in [0.15, 0.2) is 0 Å². The summed E-state index contributed by atoms with van der Waals surface area (Å²) in [6, 6.07) is 4.86. The van der Waals surface area contributed by atoms with Crippen molar-refractivity contribution in [3.8, 4) is 0 Å². The number of nitrogens with zero attached hydrogens (tertiary/aromatic N) is 1. The van der Waals surface area contributed by atoms with E-state index in [2.05, 4.69) is 5.32 Å². The molecule has 0 saturated carbocycles. The van der Waals surface area contributed by atoms with Gasteiger partial charge < -0.3 is 15.8 Å². The van der Waals surface area contributed by atoms with Crippen LogP contribution in [-0.2, 0) is 9.53 Å². The molecule has 2 rings (SSSR count). The molecule has 128 valence electrons. The van der Waals surface area contributed by atoms with E-state index < -0.39 is 36.8 Å². The maximum atomic E-state index is 14.1. The second-order valence-corrected chi connectivity index (χ2v) is 5.35. The van der Waals surface area contributed by atoms with Crippen molar-refractivity contribution in [1.29, 1.82) is 0 Å². The number of hydrogen-bond donors (Lipinski definition) is 2. The molecule has 1 heterocycles. The molecular formula is C15H20F3N3O2. The van der Waals surface area contributed by atoms with Gasteiger partial charge in [0.05, 0.1) is 26.3 Å². The molecule has 1 amide bonds. The van der Waals surface area contributed by atoms with Gasteiger partial charge in [0.25, 0.3) is 5.92 Å². The molecule has 1 aromatic rings. The number of morpholine rings is 1. The van der Waals surface area contributed by atoms with Gasteiger partial charge >= 0.3 is 0 Å². The van der Waals surface area contributed by atoms with E-state index in [9.17, 15) is 18.0 Å². The molecule has 0 aromatic heterocycles. The molecule has 1 atom stereocenters. The Morgan fingerprint density at radius 2 is 2.00 bits per heavy atom. The largest absolute Gasteiger partial charge is 0.379 e. The fourth-order valence-electron chi connectivity index (χ4n) is 2.42. The maximum absolute atomic E-state index is 14.1. The van der Waals surface area contributed by atoms with Crippen molar-refractivity contribution in [2.75, 3.05) is 39.4 Å². The van der Waals surface area contributed by atoms with Gasteiger partial charge in [-0.3, -0.25) is 9.69 Å². The summed E-state index contributed by atoms with van der Waals surface area (Å²) in [5.74, 6) is -4.42. The Balaban J connectivity index is 2.19. The molecule has 5 nitrogen and oxygen atoms in total. The van der Waals surface area contributed by atoms with Crippen LogP contribution >= 0.6 is 0 Å². The average Bonchev–Trinajstić information content (AvgIpc) is 2.56. The predicted octanol–water partition coefficient (Wildman–Crippen LogP) is 0.909. The molecule has 0 aliphatic carbocycles. The Morgan fingerprint density at radius 1 is 1.35 bits per heavy atom. The van der Waals surface area contributed by atoms with E-state index in [4.69, 9.17) is 10.5 Å². The highest BCUT2D eigenvalue weighted by atomic mass is 19.3. The molecule has 1 unspecified atom stereocenters. The molecule has 1 saturated heterocycles. The second kappa shape index (κ2) is 7.76. The third kappa shape index (κ3) is 4.66. The summed E-state index contributed by atoms with van der Waals surface area (Å²) in [7, 11) is 0. The van der Waals surface area contributed by atoms with E-state index in [1.54, 1.807) is 11.0 Å². The molecule has 3 N–H and O–H groups in total. The SMILES string of the molecule is NCC(F)(F)CNC(=O)C(c1ccccc1F)N1CCOCC1. The first kappa shape index (κ1) is 17.7. The molecule has 0 radical (unpaired) electrons.